The van der Waals surface area contributed by atoms with Crippen molar-refractivity contribution in [2.45, 2.75) is 27.7 Å². The Morgan fingerprint density at radius 3 is 1.20 bits per heavy atom. The molecule has 0 saturated heterocycles. The molecule has 0 fully saturated rings. The van der Waals surface area contributed by atoms with Crippen LogP contribution in [-0.4, -0.2) is 10.2 Å². The molecule has 0 N–H and O–H groups in total. The van der Waals surface area contributed by atoms with Gasteiger partial charge in [-0.15, -0.1) is 11.4 Å². The van der Waals surface area contributed by atoms with E-state index in [2.05, 4.69) is 20.4 Å². The van der Waals surface area contributed by atoms with Crippen molar-refractivity contribution in [2.24, 2.45) is 0 Å². The van der Waals surface area contributed by atoms with Gasteiger partial charge in [0.1, 0.15) is 0 Å². The van der Waals surface area contributed by atoms with E-state index in [1.165, 1.54) is 0 Å². The van der Waals surface area contributed by atoms with Crippen LogP contribution in [0.4, 0.5) is 0 Å². The second-order valence-electron chi connectivity index (χ2n) is 3.25. The summed E-state index contributed by atoms with van der Waals surface area (Å²) < 4.78 is 0. The molecule has 83 valence electrons. The molecular weight excluding hydrogens is 235 g/mol. The summed E-state index contributed by atoms with van der Waals surface area (Å²) in [6, 6.07) is 3.89. The van der Waals surface area contributed by atoms with E-state index in [0.717, 1.165) is 22.8 Å². The summed E-state index contributed by atoms with van der Waals surface area (Å²) in [6.45, 7) is 7.72. The van der Waals surface area contributed by atoms with E-state index in [9.17, 15) is 0 Å². The van der Waals surface area contributed by atoms with Gasteiger partial charge in [-0.1, -0.05) is 26.0 Å². The Labute approximate surface area is 100 Å². The Balaban J connectivity index is 0.000000245. The van der Waals surface area contributed by atoms with Crippen molar-refractivity contribution in [3.63, 3.8) is 0 Å². The minimum absolute atomic E-state index is 0. The molecule has 0 aliphatic carbocycles. The standard InChI is InChI=1S/2C5H7N2.Co/c2*1-4-3-5(2)7-6-4;/h2*3H,1-2H3;/q2*-1;+2. The number of hydrogen-bond acceptors (Lipinski definition) is 2. The average molecular weight is 249 g/mol. The fourth-order valence-corrected chi connectivity index (χ4v) is 1.04. The van der Waals surface area contributed by atoms with Crippen LogP contribution in [0, 0.1) is 27.7 Å². The van der Waals surface area contributed by atoms with Crippen LogP contribution >= 0.6 is 0 Å². The van der Waals surface area contributed by atoms with E-state index in [1.54, 1.807) is 0 Å². The van der Waals surface area contributed by atoms with Gasteiger partial charge < -0.3 is 20.4 Å². The molecule has 2 heterocycles. The predicted octanol–water partition coefficient (Wildman–Crippen LogP) is 1.31. The zero-order valence-electron chi connectivity index (χ0n) is 9.28. The molecule has 0 amide bonds. The van der Waals surface area contributed by atoms with E-state index in [-0.39, 0.29) is 16.8 Å². The zero-order chi connectivity index (χ0) is 10.6. The van der Waals surface area contributed by atoms with Gasteiger partial charge in [-0.3, -0.25) is 0 Å². The van der Waals surface area contributed by atoms with Gasteiger partial charge in [-0.2, -0.15) is 0 Å². The van der Waals surface area contributed by atoms with Gasteiger partial charge >= 0.3 is 16.8 Å². The summed E-state index contributed by atoms with van der Waals surface area (Å²) >= 11 is 0. The molecule has 2 aromatic rings. The van der Waals surface area contributed by atoms with Crippen LogP contribution in [0.5, 0.6) is 0 Å². The molecule has 0 aliphatic rings. The van der Waals surface area contributed by atoms with E-state index in [4.69, 9.17) is 0 Å². The summed E-state index contributed by atoms with van der Waals surface area (Å²) in [5.74, 6) is 0. The molecule has 2 aromatic heterocycles. The van der Waals surface area contributed by atoms with Crippen LogP contribution in [0.25, 0.3) is 0 Å². The predicted molar refractivity (Wildman–Crippen MR) is 54.1 cm³/mol. The molecule has 15 heavy (non-hydrogen) atoms. The number of nitrogens with zero attached hydrogens (tertiary/aromatic N) is 4. The Hall–Kier alpha value is -1.07. The fraction of sp³-hybridized carbons (Fsp3) is 0.400. The van der Waals surface area contributed by atoms with Crippen LogP contribution in [0.15, 0.2) is 12.1 Å². The smallest absolute Gasteiger partial charge is 0.579 e. The van der Waals surface area contributed by atoms with Gasteiger partial charge in [-0.05, 0) is 13.8 Å². The Morgan fingerprint density at radius 1 is 0.800 bits per heavy atom. The van der Waals surface area contributed by atoms with Crippen LogP contribution < -0.4 is 10.2 Å². The molecule has 4 nitrogen and oxygen atoms in total. The van der Waals surface area contributed by atoms with Crippen LogP contribution in [0.3, 0.4) is 0 Å². The molecule has 0 saturated carbocycles. The topological polar surface area (TPSA) is 54.0 Å². The Bertz CT molecular complexity index is 320. The number of rotatable bonds is 0. The zero-order valence-corrected chi connectivity index (χ0v) is 10.3. The van der Waals surface area contributed by atoms with E-state index < -0.39 is 0 Å². The number of hydrogen-bond donors (Lipinski definition) is 0. The van der Waals surface area contributed by atoms with Gasteiger partial charge in [-0.25, -0.2) is 0 Å². The maximum atomic E-state index is 3.77. The van der Waals surface area contributed by atoms with Gasteiger partial charge in [0.05, 0.1) is 0 Å². The van der Waals surface area contributed by atoms with Gasteiger partial charge in [0.15, 0.2) is 0 Å². The molecule has 0 bridgehead atoms. The third-order valence-electron chi connectivity index (χ3n) is 1.57. The first kappa shape index (κ1) is 13.9. The molecule has 0 unspecified atom stereocenters. The van der Waals surface area contributed by atoms with Crippen molar-refractivity contribution in [2.75, 3.05) is 0 Å². The summed E-state index contributed by atoms with van der Waals surface area (Å²) in [7, 11) is 0. The number of aryl methyl sites for hydroxylation is 4. The molecular formula is C10H14CoN4. The second kappa shape index (κ2) is 6.42. The van der Waals surface area contributed by atoms with Crippen LogP contribution in [-0.2, 0) is 16.8 Å². The molecule has 0 spiro atoms. The van der Waals surface area contributed by atoms with Gasteiger partial charge in [0.25, 0.3) is 0 Å². The minimum Gasteiger partial charge on any atom is -0.579 e. The SMILES string of the molecule is Cc1cc(C)[n-]n1.Cc1cc(C)[n-]n1.[Co+2]. The second-order valence-corrected chi connectivity index (χ2v) is 3.25. The first-order valence-electron chi connectivity index (χ1n) is 4.45. The average Bonchev–Trinajstić information content (AvgIpc) is 2.63. The van der Waals surface area contributed by atoms with E-state index >= 15 is 0 Å². The van der Waals surface area contributed by atoms with Gasteiger partial charge in [0, 0.05) is 11.4 Å². The summed E-state index contributed by atoms with van der Waals surface area (Å²) in [5.41, 5.74) is 3.99. The maximum absolute atomic E-state index is 3.77. The third kappa shape index (κ3) is 5.39. The monoisotopic (exact) mass is 249 g/mol. The van der Waals surface area contributed by atoms with Crippen LogP contribution in [0.1, 0.15) is 22.8 Å². The normalized spacial score (nSPS) is 8.80. The summed E-state index contributed by atoms with van der Waals surface area (Å²) in [5, 5.41) is 15.1. The van der Waals surface area contributed by atoms with Gasteiger partial charge in [0.2, 0.25) is 0 Å². The van der Waals surface area contributed by atoms with Crippen molar-refractivity contribution in [3.05, 3.63) is 34.9 Å². The summed E-state index contributed by atoms with van der Waals surface area (Å²) in [6.07, 6.45) is 0. The summed E-state index contributed by atoms with van der Waals surface area (Å²) in [4.78, 5) is 0. The fourth-order valence-electron chi connectivity index (χ4n) is 1.04. The molecule has 0 aliphatic heterocycles. The van der Waals surface area contributed by atoms with Crippen LogP contribution in [0.2, 0.25) is 0 Å². The largest absolute Gasteiger partial charge is 2.00 e. The van der Waals surface area contributed by atoms with E-state index in [1.807, 2.05) is 39.8 Å². The Kier molecular flexibility index (Phi) is 5.96. The molecule has 0 atom stereocenters. The molecule has 0 aromatic carbocycles. The van der Waals surface area contributed by atoms with Crippen molar-refractivity contribution in [1.29, 1.82) is 0 Å². The molecule has 2 rings (SSSR count). The first-order valence-corrected chi connectivity index (χ1v) is 4.45. The number of aromatic nitrogens is 4. The minimum atomic E-state index is 0. The van der Waals surface area contributed by atoms with E-state index in [0.29, 0.717) is 0 Å². The molecule has 5 heteroatoms. The van der Waals surface area contributed by atoms with Crippen molar-refractivity contribution in [3.8, 4) is 0 Å². The third-order valence-corrected chi connectivity index (χ3v) is 1.57. The van der Waals surface area contributed by atoms with Crippen molar-refractivity contribution < 1.29 is 16.8 Å². The van der Waals surface area contributed by atoms with Crippen molar-refractivity contribution in [1.82, 2.24) is 20.4 Å². The Morgan fingerprint density at radius 2 is 1.13 bits per heavy atom. The molecule has 1 radical (unpaired) electrons. The van der Waals surface area contributed by atoms with Crippen molar-refractivity contribution >= 4 is 0 Å². The maximum Gasteiger partial charge on any atom is 2.00 e. The quantitative estimate of drug-likeness (QED) is 0.706. The first-order chi connectivity index (χ1) is 6.58.